The Morgan fingerprint density at radius 1 is 1.50 bits per heavy atom. The van der Waals surface area contributed by atoms with Gasteiger partial charge in [0.15, 0.2) is 11.5 Å². The minimum Gasteiger partial charge on any atom is -0.504 e. The van der Waals surface area contributed by atoms with Crippen molar-refractivity contribution in [3.63, 3.8) is 0 Å². The van der Waals surface area contributed by atoms with Gasteiger partial charge in [0.05, 0.1) is 13.7 Å². The lowest BCUT2D eigenvalue weighted by Gasteiger charge is -2.09. The molecule has 5 nitrogen and oxygen atoms in total. The zero-order valence-corrected chi connectivity index (χ0v) is 10.4. The number of aromatic hydroxyl groups is 1. The Morgan fingerprint density at radius 2 is 2.28 bits per heavy atom. The molecule has 1 saturated carbocycles. The third-order valence-corrected chi connectivity index (χ3v) is 2.85. The lowest BCUT2D eigenvalue weighted by Crippen LogP contribution is -2.34. The first kappa shape index (κ1) is 12.7. The highest BCUT2D eigenvalue weighted by Gasteiger charge is 2.22. The van der Waals surface area contributed by atoms with Gasteiger partial charge in [0.25, 0.3) is 0 Å². The van der Waals surface area contributed by atoms with E-state index in [0.717, 1.165) is 12.8 Å². The van der Waals surface area contributed by atoms with Crippen LogP contribution in [0.5, 0.6) is 11.5 Å². The van der Waals surface area contributed by atoms with Crippen molar-refractivity contribution in [1.29, 1.82) is 0 Å². The number of phenols is 1. The fraction of sp³-hybridized carbons (Fsp3) is 0.462. The Balaban J connectivity index is 1.80. The number of hydrogen-bond acceptors (Lipinski definition) is 4. The third kappa shape index (κ3) is 3.37. The van der Waals surface area contributed by atoms with Crippen molar-refractivity contribution in [2.45, 2.75) is 25.4 Å². The first-order valence-corrected chi connectivity index (χ1v) is 6.05. The first-order valence-electron chi connectivity index (χ1n) is 6.05. The van der Waals surface area contributed by atoms with E-state index in [2.05, 4.69) is 10.6 Å². The molecule has 1 aliphatic rings. The predicted molar refractivity (Wildman–Crippen MR) is 67.5 cm³/mol. The largest absolute Gasteiger partial charge is 0.504 e. The van der Waals surface area contributed by atoms with Gasteiger partial charge in [-0.2, -0.15) is 0 Å². The molecule has 2 rings (SSSR count). The number of carbonyl (C=O) groups is 1. The van der Waals surface area contributed by atoms with Crippen LogP contribution in [0.2, 0.25) is 0 Å². The van der Waals surface area contributed by atoms with Crippen LogP contribution in [0, 0.1) is 0 Å². The van der Waals surface area contributed by atoms with Crippen molar-refractivity contribution in [2.24, 2.45) is 0 Å². The highest BCUT2D eigenvalue weighted by molar-refractivity contribution is 5.78. The summed E-state index contributed by atoms with van der Waals surface area (Å²) in [6, 6.07) is 5.67. The van der Waals surface area contributed by atoms with E-state index < -0.39 is 0 Å². The topological polar surface area (TPSA) is 70.6 Å². The van der Waals surface area contributed by atoms with E-state index in [9.17, 15) is 9.90 Å². The van der Waals surface area contributed by atoms with Crippen molar-refractivity contribution in [3.05, 3.63) is 23.8 Å². The zero-order chi connectivity index (χ0) is 13.0. The molecule has 0 heterocycles. The molecule has 0 aromatic heterocycles. The van der Waals surface area contributed by atoms with Crippen LogP contribution in [0.3, 0.4) is 0 Å². The molecule has 3 N–H and O–H groups in total. The van der Waals surface area contributed by atoms with Gasteiger partial charge in [-0.3, -0.25) is 4.79 Å². The van der Waals surface area contributed by atoms with Crippen molar-refractivity contribution < 1.29 is 14.6 Å². The SMILES string of the molecule is COc1cccc(CNCC(=O)NC2CC2)c1O. The summed E-state index contributed by atoms with van der Waals surface area (Å²) in [4.78, 5) is 11.4. The minimum atomic E-state index is -0.000106. The Labute approximate surface area is 106 Å². The van der Waals surface area contributed by atoms with Gasteiger partial charge in [-0.25, -0.2) is 0 Å². The first-order chi connectivity index (χ1) is 8.70. The summed E-state index contributed by atoms with van der Waals surface area (Å²) in [6.45, 7) is 0.689. The Morgan fingerprint density at radius 3 is 2.94 bits per heavy atom. The summed E-state index contributed by atoms with van der Waals surface area (Å²) in [7, 11) is 1.51. The molecule has 1 aliphatic carbocycles. The summed E-state index contributed by atoms with van der Waals surface area (Å²) in [5.41, 5.74) is 0.716. The van der Waals surface area contributed by atoms with Gasteiger partial charge < -0.3 is 20.5 Å². The van der Waals surface area contributed by atoms with Crippen molar-refractivity contribution in [3.8, 4) is 11.5 Å². The van der Waals surface area contributed by atoms with Crippen LogP contribution in [0.1, 0.15) is 18.4 Å². The average Bonchev–Trinajstić information content (AvgIpc) is 3.15. The minimum absolute atomic E-state index is 0.000106. The lowest BCUT2D eigenvalue weighted by molar-refractivity contribution is -0.120. The van der Waals surface area contributed by atoms with E-state index >= 15 is 0 Å². The number of methoxy groups -OCH3 is 1. The Hall–Kier alpha value is -1.75. The molecule has 0 aliphatic heterocycles. The zero-order valence-electron chi connectivity index (χ0n) is 10.4. The average molecular weight is 250 g/mol. The number of nitrogens with one attached hydrogen (secondary N) is 2. The second-order valence-corrected chi connectivity index (χ2v) is 4.41. The van der Waals surface area contributed by atoms with Crippen LogP contribution < -0.4 is 15.4 Å². The van der Waals surface area contributed by atoms with Gasteiger partial charge in [-0.1, -0.05) is 12.1 Å². The molecular formula is C13H18N2O3. The smallest absolute Gasteiger partial charge is 0.234 e. The number of rotatable bonds is 6. The van der Waals surface area contributed by atoms with Gasteiger partial charge >= 0.3 is 0 Å². The number of para-hydroxylation sites is 1. The maximum atomic E-state index is 11.4. The van der Waals surface area contributed by atoms with Gasteiger partial charge in [0.2, 0.25) is 5.91 Å². The monoisotopic (exact) mass is 250 g/mol. The normalized spacial score (nSPS) is 14.3. The molecule has 1 fully saturated rings. The molecule has 18 heavy (non-hydrogen) atoms. The second-order valence-electron chi connectivity index (χ2n) is 4.41. The van der Waals surface area contributed by atoms with Crippen LogP contribution in [-0.2, 0) is 11.3 Å². The van der Waals surface area contributed by atoms with Gasteiger partial charge in [-0.15, -0.1) is 0 Å². The number of hydrogen-bond donors (Lipinski definition) is 3. The molecule has 0 unspecified atom stereocenters. The van der Waals surface area contributed by atoms with Gasteiger partial charge in [-0.05, 0) is 18.9 Å². The molecule has 0 spiro atoms. The van der Waals surface area contributed by atoms with Crippen LogP contribution >= 0.6 is 0 Å². The molecular weight excluding hydrogens is 232 g/mol. The van der Waals surface area contributed by atoms with Gasteiger partial charge in [0.1, 0.15) is 0 Å². The molecule has 5 heteroatoms. The highest BCUT2D eigenvalue weighted by Crippen LogP contribution is 2.28. The van der Waals surface area contributed by atoms with E-state index in [4.69, 9.17) is 4.74 Å². The fourth-order valence-corrected chi connectivity index (χ4v) is 1.69. The summed E-state index contributed by atoms with van der Waals surface area (Å²) in [6.07, 6.45) is 2.17. The number of carbonyl (C=O) groups excluding carboxylic acids is 1. The van der Waals surface area contributed by atoms with Crippen LogP contribution in [0.4, 0.5) is 0 Å². The molecule has 1 amide bonds. The summed E-state index contributed by atoms with van der Waals surface area (Å²) < 4.78 is 5.02. The highest BCUT2D eigenvalue weighted by atomic mass is 16.5. The van der Waals surface area contributed by atoms with E-state index in [1.54, 1.807) is 18.2 Å². The number of benzene rings is 1. The number of phenolic OH excluding ortho intramolecular Hbond substituents is 1. The summed E-state index contributed by atoms with van der Waals surface area (Å²) in [5.74, 6) is 0.562. The predicted octanol–water partition coefficient (Wildman–Crippen LogP) is 0.769. The summed E-state index contributed by atoms with van der Waals surface area (Å²) in [5, 5.41) is 15.7. The second kappa shape index (κ2) is 5.73. The third-order valence-electron chi connectivity index (χ3n) is 2.85. The standard InChI is InChI=1S/C13H18N2O3/c1-18-11-4-2-3-9(13(11)17)7-14-8-12(16)15-10-5-6-10/h2-4,10,14,17H,5-8H2,1H3,(H,15,16). The van der Waals surface area contributed by atoms with Crippen molar-refractivity contribution in [1.82, 2.24) is 10.6 Å². The fourth-order valence-electron chi connectivity index (χ4n) is 1.69. The van der Waals surface area contributed by atoms with Crippen LogP contribution in [0.25, 0.3) is 0 Å². The maximum Gasteiger partial charge on any atom is 0.234 e. The molecule has 1 aromatic rings. The van der Waals surface area contributed by atoms with Crippen molar-refractivity contribution >= 4 is 5.91 Å². The van der Waals surface area contributed by atoms with E-state index in [-0.39, 0.29) is 18.2 Å². The molecule has 1 aromatic carbocycles. The van der Waals surface area contributed by atoms with E-state index in [1.165, 1.54) is 7.11 Å². The Kier molecular flexibility index (Phi) is 4.04. The van der Waals surface area contributed by atoms with Crippen LogP contribution in [-0.4, -0.2) is 30.7 Å². The molecule has 0 atom stereocenters. The molecule has 0 saturated heterocycles. The number of amides is 1. The maximum absolute atomic E-state index is 11.4. The molecule has 0 radical (unpaired) electrons. The summed E-state index contributed by atoms with van der Waals surface area (Å²) >= 11 is 0. The van der Waals surface area contributed by atoms with E-state index in [0.29, 0.717) is 23.9 Å². The van der Waals surface area contributed by atoms with E-state index in [1.807, 2.05) is 0 Å². The van der Waals surface area contributed by atoms with Crippen LogP contribution in [0.15, 0.2) is 18.2 Å². The molecule has 0 bridgehead atoms. The lowest BCUT2D eigenvalue weighted by atomic mass is 10.2. The van der Waals surface area contributed by atoms with Crippen molar-refractivity contribution in [2.75, 3.05) is 13.7 Å². The Bertz CT molecular complexity index is 430. The molecule has 98 valence electrons. The van der Waals surface area contributed by atoms with Gasteiger partial charge in [0, 0.05) is 18.2 Å². The quantitative estimate of drug-likeness (QED) is 0.697. The number of ether oxygens (including phenoxy) is 1.